The van der Waals surface area contributed by atoms with E-state index in [4.69, 9.17) is 11.6 Å². The van der Waals surface area contributed by atoms with Crippen LogP contribution in [0.4, 0.5) is 27.6 Å². The summed E-state index contributed by atoms with van der Waals surface area (Å²) in [5.74, 6) is -1.84. The molecule has 238 valence electrons. The average Bonchev–Trinajstić information content (AvgIpc) is 3.69. The van der Waals surface area contributed by atoms with E-state index in [1.54, 1.807) is 6.92 Å². The van der Waals surface area contributed by atoms with Gasteiger partial charge in [-0.15, -0.1) is 5.10 Å². The molecule has 1 aliphatic rings. The van der Waals surface area contributed by atoms with Crippen LogP contribution in [0.2, 0.25) is 5.02 Å². The Labute approximate surface area is 261 Å². The monoisotopic (exact) mass is 659 g/mol. The summed E-state index contributed by atoms with van der Waals surface area (Å²) >= 11 is 6.04. The van der Waals surface area contributed by atoms with Gasteiger partial charge in [0, 0.05) is 23.7 Å². The van der Waals surface area contributed by atoms with Crippen molar-refractivity contribution in [2.45, 2.75) is 45.2 Å². The van der Waals surface area contributed by atoms with E-state index in [0.29, 0.717) is 29.6 Å². The number of amides is 1. The number of nitrogens with zero attached hydrogens (tertiary/aromatic N) is 8. The van der Waals surface area contributed by atoms with E-state index in [1.807, 2.05) is 0 Å². The smallest absolute Gasteiger partial charge is 0.323 e. The number of halogens is 6. The highest BCUT2D eigenvalue weighted by molar-refractivity contribution is 6.31. The van der Waals surface area contributed by atoms with Gasteiger partial charge in [-0.2, -0.15) is 13.9 Å². The largest absolute Gasteiger partial charge is 0.333 e. The quantitative estimate of drug-likeness (QED) is 0.222. The van der Waals surface area contributed by atoms with E-state index in [2.05, 4.69) is 30.7 Å². The molecule has 0 saturated heterocycles. The van der Waals surface area contributed by atoms with Gasteiger partial charge in [-0.3, -0.25) is 19.1 Å². The Morgan fingerprint density at radius 3 is 2.59 bits per heavy atom. The summed E-state index contributed by atoms with van der Waals surface area (Å²) in [6.45, 7) is -1.31. The van der Waals surface area contributed by atoms with E-state index in [-0.39, 0.29) is 44.8 Å². The van der Waals surface area contributed by atoms with Crippen LogP contribution in [0.1, 0.15) is 56.6 Å². The van der Waals surface area contributed by atoms with E-state index in [1.165, 1.54) is 41.4 Å². The summed E-state index contributed by atoms with van der Waals surface area (Å²) in [4.78, 5) is 35.3. The van der Waals surface area contributed by atoms with Crippen LogP contribution in [0.5, 0.6) is 0 Å². The topological polar surface area (TPSA) is 125 Å². The second kappa shape index (κ2) is 12.4. The van der Waals surface area contributed by atoms with Crippen LogP contribution >= 0.6 is 11.6 Å². The molecule has 1 amide bonds. The number of fused-ring (bicyclic) bond motifs is 4. The molecule has 6 rings (SSSR count). The molecule has 2 bridgehead atoms. The van der Waals surface area contributed by atoms with Gasteiger partial charge in [0.2, 0.25) is 5.91 Å². The number of anilines is 1. The minimum absolute atomic E-state index is 0.0357. The molecule has 0 fully saturated rings. The first-order chi connectivity index (χ1) is 22.0. The standard InChI is InChI=1S/C29H23ClF5N9O2/c1-14-3-2-4-21(17-9-15(7-8-36-17)26-19(39-28(14)46)11-38-44(26)29(34)35)42-13-37-18(10-23(42)45)24-22(6-5-16(30)25(24)31)43-12-20(27(32)33)40-41-43/h5-14,21,27,29H,2-4H2,1H3,(H,39,46)/t14-,21+/m1/s1. The fraction of sp³-hybridized carbons (Fsp3) is 0.276. The molecular formula is C29H23ClF5N9O2. The lowest BCUT2D eigenvalue weighted by atomic mass is 9.97. The van der Waals surface area contributed by atoms with E-state index in [0.717, 1.165) is 23.1 Å². The Bertz CT molecular complexity index is 1990. The summed E-state index contributed by atoms with van der Waals surface area (Å²) in [7, 11) is 0. The molecule has 0 saturated carbocycles. The van der Waals surface area contributed by atoms with Crippen LogP contribution in [0.3, 0.4) is 0 Å². The van der Waals surface area contributed by atoms with Crippen molar-refractivity contribution in [2.24, 2.45) is 5.92 Å². The molecule has 0 aliphatic carbocycles. The normalized spacial score (nSPS) is 17.0. The van der Waals surface area contributed by atoms with Crippen molar-refractivity contribution < 1.29 is 26.7 Å². The lowest BCUT2D eigenvalue weighted by Gasteiger charge is -2.22. The maximum Gasteiger partial charge on any atom is 0.333 e. The molecule has 0 spiro atoms. The first-order valence-electron chi connectivity index (χ1n) is 13.9. The van der Waals surface area contributed by atoms with Gasteiger partial charge in [-0.05, 0) is 37.1 Å². The third-order valence-corrected chi connectivity index (χ3v) is 7.97. The third-order valence-electron chi connectivity index (χ3n) is 7.68. The molecule has 5 heterocycles. The number of aromatic nitrogens is 8. The predicted molar refractivity (Wildman–Crippen MR) is 155 cm³/mol. The van der Waals surface area contributed by atoms with Gasteiger partial charge < -0.3 is 5.32 Å². The van der Waals surface area contributed by atoms with Crippen molar-refractivity contribution in [1.82, 2.24) is 39.3 Å². The number of carbonyl (C=O) groups is 1. The number of carbonyl (C=O) groups excluding carboxylic acids is 1. The molecule has 11 nitrogen and oxygen atoms in total. The molecule has 1 aromatic carbocycles. The minimum atomic E-state index is -3.01. The summed E-state index contributed by atoms with van der Waals surface area (Å²) < 4.78 is 72.3. The van der Waals surface area contributed by atoms with Crippen molar-refractivity contribution in [3.63, 3.8) is 0 Å². The molecule has 2 atom stereocenters. The molecule has 4 aromatic heterocycles. The third kappa shape index (κ3) is 5.75. The number of nitrogens with one attached hydrogen (secondary N) is 1. The molecule has 5 aromatic rings. The van der Waals surface area contributed by atoms with Crippen molar-refractivity contribution >= 4 is 23.2 Å². The number of rotatable bonds is 5. The van der Waals surface area contributed by atoms with Crippen molar-refractivity contribution in [3.05, 3.63) is 87.8 Å². The van der Waals surface area contributed by atoms with Crippen LogP contribution in [-0.4, -0.2) is 45.2 Å². The number of alkyl halides is 4. The highest BCUT2D eigenvalue weighted by Crippen LogP contribution is 2.36. The Balaban J connectivity index is 1.45. The van der Waals surface area contributed by atoms with Crippen molar-refractivity contribution in [1.29, 1.82) is 0 Å². The summed E-state index contributed by atoms with van der Waals surface area (Å²) in [5.41, 5.74) is -1.05. The number of hydrogen-bond acceptors (Lipinski definition) is 7. The van der Waals surface area contributed by atoms with Gasteiger partial charge in [0.15, 0.2) is 5.82 Å². The molecule has 1 N–H and O–H groups in total. The van der Waals surface area contributed by atoms with Crippen LogP contribution in [0, 0.1) is 11.7 Å². The summed E-state index contributed by atoms with van der Waals surface area (Å²) in [5, 5.41) is 13.2. The Kier molecular flexibility index (Phi) is 8.37. The van der Waals surface area contributed by atoms with Gasteiger partial charge in [0.1, 0.15) is 5.69 Å². The predicted octanol–water partition coefficient (Wildman–Crippen LogP) is 6.22. The highest BCUT2D eigenvalue weighted by Gasteiger charge is 2.27. The van der Waals surface area contributed by atoms with Crippen LogP contribution < -0.4 is 10.9 Å². The van der Waals surface area contributed by atoms with Crippen LogP contribution in [0.15, 0.2) is 60.0 Å². The zero-order valence-electron chi connectivity index (χ0n) is 23.8. The van der Waals surface area contributed by atoms with Crippen LogP contribution in [-0.2, 0) is 4.79 Å². The summed E-state index contributed by atoms with van der Waals surface area (Å²) in [6.07, 6.45) is 2.91. The van der Waals surface area contributed by atoms with E-state index < -0.39 is 42.0 Å². The molecule has 0 unspecified atom stereocenters. The van der Waals surface area contributed by atoms with Gasteiger partial charge in [0.25, 0.3) is 12.0 Å². The first kappa shape index (κ1) is 31.0. The molecule has 46 heavy (non-hydrogen) atoms. The molecule has 17 heteroatoms. The van der Waals surface area contributed by atoms with E-state index >= 15 is 4.39 Å². The Hall–Kier alpha value is -4.99. The lowest BCUT2D eigenvalue weighted by Crippen LogP contribution is -2.27. The zero-order valence-corrected chi connectivity index (χ0v) is 24.5. The number of pyridine rings is 1. The highest BCUT2D eigenvalue weighted by atomic mass is 35.5. The van der Waals surface area contributed by atoms with Crippen LogP contribution in [0.25, 0.3) is 28.2 Å². The Morgan fingerprint density at radius 1 is 1.07 bits per heavy atom. The van der Waals surface area contributed by atoms with Gasteiger partial charge in [0.05, 0.1) is 63.8 Å². The molecule has 1 aliphatic heterocycles. The average molecular weight is 660 g/mol. The maximum absolute atomic E-state index is 15.4. The van der Waals surface area contributed by atoms with Crippen molar-refractivity contribution in [3.8, 4) is 28.2 Å². The SMILES string of the molecule is C[C@@H]1CCC[C@H](n2cnc(-c3c(-n4cc(C(F)F)nn4)ccc(Cl)c3F)cc2=O)c2cc(ccn2)-c2c(cnn2C(F)F)NC1=O. The van der Waals surface area contributed by atoms with Gasteiger partial charge in [-0.1, -0.05) is 30.2 Å². The first-order valence-corrected chi connectivity index (χ1v) is 14.3. The summed E-state index contributed by atoms with van der Waals surface area (Å²) in [6, 6.07) is 5.85. The fourth-order valence-corrected chi connectivity index (χ4v) is 5.51. The van der Waals surface area contributed by atoms with E-state index in [9.17, 15) is 27.2 Å². The number of hydrogen-bond donors (Lipinski definition) is 1. The zero-order chi connectivity index (χ0) is 32.7. The minimum Gasteiger partial charge on any atom is -0.323 e. The van der Waals surface area contributed by atoms with Crippen molar-refractivity contribution in [2.75, 3.05) is 5.32 Å². The molecule has 0 radical (unpaired) electrons. The van der Waals surface area contributed by atoms with Gasteiger partial charge >= 0.3 is 6.55 Å². The lowest BCUT2D eigenvalue weighted by molar-refractivity contribution is -0.119. The second-order valence-corrected chi connectivity index (χ2v) is 11.0. The maximum atomic E-state index is 15.4. The van der Waals surface area contributed by atoms with Gasteiger partial charge in [-0.25, -0.2) is 27.5 Å². The molecular weight excluding hydrogens is 637 g/mol. The fourth-order valence-electron chi connectivity index (χ4n) is 5.35. The number of benzene rings is 1. The second-order valence-electron chi connectivity index (χ2n) is 10.6. The Morgan fingerprint density at radius 2 is 1.87 bits per heavy atom.